The molecule has 2 bridgehead atoms. The maximum absolute atomic E-state index is 15.4. The zero-order valence-corrected chi connectivity index (χ0v) is 56.6. The largest absolute Gasteiger partial charge is 0.508 e. The molecule has 1 aliphatic carbocycles. The van der Waals surface area contributed by atoms with Crippen LogP contribution in [0.5, 0.6) is 5.75 Å². The number of hydrogen-bond donors (Lipinski definition) is 11. The molecule has 23 nitrogen and oxygen atoms in total. The maximum atomic E-state index is 15.4. The molecule has 2 saturated heterocycles. The first kappa shape index (κ1) is 73.6. The molecule has 4 aliphatic rings. The summed E-state index contributed by atoms with van der Waals surface area (Å²) in [4.78, 5) is 151. The number of hydrogen-bond acceptors (Lipinski definition) is 15. The number of unbranched alkanes of at least 4 members (excludes halogenated alkanes) is 1. The van der Waals surface area contributed by atoms with Crippen molar-refractivity contribution >= 4 is 98.9 Å². The van der Waals surface area contributed by atoms with Gasteiger partial charge in [-0.05, 0) is 159 Å². The first-order valence-corrected chi connectivity index (χ1v) is 35.7. The van der Waals surface area contributed by atoms with Gasteiger partial charge in [0.05, 0.1) is 12.6 Å². The number of thioether (sulfide) groups is 2. The lowest BCUT2D eigenvalue weighted by molar-refractivity contribution is -0.148. The SMILES string of the molecule is CC[C@@]12CCCN1C(=O)[C@H](Cc1ccc(O)cc1)NC(=O)[C@H]([C@@H](C)O)NC(=O)[C@@H]1CCCN1C(=O)[C@H](CC1=CCc3ccc(F)cc31)NC(=O)[C@H](Cc1c[nH]c3ccc(F)cc13)CC(=O)CNC(=O)[C@H](CCCCN)NC(=O)CCSCc1cccc(c1)CSC[C@@H](C(N)=O)NC2=O. The standard InChI is InChI=1S/C71H87F2N11O12S2/c1-3-71-24-8-27-84(71)69(95)57(30-42-13-20-51(86)21-14-42)80-67(93)62(41(2)85)82-66(92)60-12-7-26-83(60)68(94)58(33-46-16-15-45-17-18-49(72)34-53(45)46)79-64(90)47(31-48-36-76-55-22-19-50(73)35-54(48)55)32-52(87)37-77-65(91)56(11-4-5-25-74)78-61(88)23-28-97-38-43-9-6-10-44(29-43)39-98-40-59(63(75)89)81-70(71)96/h6,9-10,13-14,16-22,29,34-36,41,47,56-60,62,76,85-86H,3-5,7-8,11-12,15,23-28,30-33,37-40,74H2,1-2H3,(H2,75,89)(H,77,91)(H,78,88)(H,79,90)(H,80,93)(H,81,96)(H,82,92)/t41-,47-,56+,57+,58+,59+,60+,62+,71+/m1/s1. The van der Waals surface area contributed by atoms with Gasteiger partial charge < -0.3 is 68.4 Å². The van der Waals surface area contributed by atoms with E-state index in [0.29, 0.717) is 82.7 Å². The number of nitrogens with one attached hydrogen (secondary N) is 7. The number of carbonyl (C=O) groups is 10. The minimum atomic E-state index is -1.75. The lowest BCUT2D eigenvalue weighted by Crippen LogP contribution is -2.64. The number of aromatic hydroxyl groups is 1. The molecule has 27 heteroatoms. The summed E-state index contributed by atoms with van der Waals surface area (Å²) >= 11 is 2.85. The number of nitrogens with two attached hydrogens (primary N) is 2. The Morgan fingerprint density at radius 2 is 1.49 bits per heavy atom. The number of carbonyl (C=O) groups excluding carboxylic acids is 10. The number of halogens is 2. The number of phenols is 1. The number of fused-ring (bicyclic) bond motifs is 6. The van der Waals surface area contributed by atoms with Crippen LogP contribution in [0, 0.1) is 17.6 Å². The van der Waals surface area contributed by atoms with E-state index >= 15 is 18.8 Å². The fourth-order valence-electron chi connectivity index (χ4n) is 13.4. The van der Waals surface area contributed by atoms with Crippen LogP contribution >= 0.6 is 23.5 Å². The summed E-state index contributed by atoms with van der Waals surface area (Å²) in [5.41, 5.74) is 15.3. The topological polar surface area (TPSA) is 358 Å². The Balaban J connectivity index is 1.04. The first-order valence-electron chi connectivity index (χ1n) is 33.4. The summed E-state index contributed by atoms with van der Waals surface area (Å²) in [6.45, 7) is 2.80. The second-order valence-corrected chi connectivity index (χ2v) is 27.8. The molecule has 0 radical (unpaired) electrons. The van der Waals surface area contributed by atoms with Gasteiger partial charge >= 0.3 is 0 Å². The number of aliphatic hydroxyl groups excluding tert-OH is 1. The van der Waals surface area contributed by atoms with Crippen molar-refractivity contribution in [1.29, 1.82) is 0 Å². The number of rotatable bonds is 13. The van der Waals surface area contributed by atoms with E-state index in [2.05, 4.69) is 36.9 Å². The Hall–Kier alpha value is -8.66. The van der Waals surface area contributed by atoms with Gasteiger partial charge in [-0.15, -0.1) is 0 Å². The van der Waals surface area contributed by atoms with E-state index in [-0.39, 0.29) is 82.4 Å². The Morgan fingerprint density at radius 3 is 2.22 bits per heavy atom. The maximum Gasteiger partial charge on any atom is 0.246 e. The lowest BCUT2D eigenvalue weighted by Gasteiger charge is -2.39. The Bertz CT molecular complexity index is 3800. The molecule has 13 N–H and O–H groups in total. The van der Waals surface area contributed by atoms with E-state index in [0.717, 1.165) is 16.7 Å². The number of nitrogens with zero attached hydrogens (tertiary/aromatic N) is 2. The van der Waals surface area contributed by atoms with Crippen LogP contribution in [0.1, 0.15) is 118 Å². The molecule has 4 aromatic carbocycles. The third-order valence-electron chi connectivity index (χ3n) is 18.7. The van der Waals surface area contributed by atoms with E-state index in [9.17, 15) is 48.2 Å². The van der Waals surface area contributed by atoms with Gasteiger partial charge in [-0.25, -0.2) is 8.78 Å². The normalized spacial score (nSPS) is 24.6. The summed E-state index contributed by atoms with van der Waals surface area (Å²) in [6, 6.07) is 13.7. The molecule has 2 fully saturated rings. The third kappa shape index (κ3) is 18.8. The van der Waals surface area contributed by atoms with Crippen LogP contribution in [0.25, 0.3) is 16.5 Å². The summed E-state index contributed by atoms with van der Waals surface area (Å²) in [7, 11) is 0. The average molecular weight is 1390 g/mol. The van der Waals surface area contributed by atoms with Crippen LogP contribution < -0.4 is 43.4 Å². The molecule has 9 rings (SSSR count). The van der Waals surface area contributed by atoms with Crippen LogP contribution in [0.2, 0.25) is 0 Å². The third-order valence-corrected chi connectivity index (χ3v) is 20.9. The molecule has 0 saturated carbocycles. The Kier molecular flexibility index (Phi) is 25.7. The number of benzene rings is 4. The zero-order valence-electron chi connectivity index (χ0n) is 55.0. The molecule has 1 aromatic heterocycles. The molecule has 5 aromatic rings. The van der Waals surface area contributed by atoms with Crippen molar-refractivity contribution in [2.24, 2.45) is 17.4 Å². The monoisotopic (exact) mass is 1390 g/mol. The van der Waals surface area contributed by atoms with Crippen LogP contribution in [0.15, 0.2) is 97.2 Å². The molecular formula is C71H87F2N11O12S2. The number of primary amides is 1. The van der Waals surface area contributed by atoms with Crippen molar-refractivity contribution in [3.05, 3.63) is 142 Å². The number of aromatic amines is 1. The number of amides is 9. The quantitative estimate of drug-likeness (QED) is 0.0728. The van der Waals surface area contributed by atoms with Gasteiger partial charge in [0.1, 0.15) is 59.2 Å². The smallest absolute Gasteiger partial charge is 0.246 e. The number of Topliss-reactive ketones (excluding diaryl/α,β-unsaturated/α-hetero) is 1. The van der Waals surface area contributed by atoms with E-state index < -0.39 is 137 Å². The van der Waals surface area contributed by atoms with Crippen molar-refractivity contribution in [2.75, 3.05) is 37.7 Å². The van der Waals surface area contributed by atoms with Crippen LogP contribution in [0.4, 0.5) is 8.78 Å². The predicted octanol–water partition coefficient (Wildman–Crippen LogP) is 4.41. The predicted molar refractivity (Wildman–Crippen MR) is 368 cm³/mol. The summed E-state index contributed by atoms with van der Waals surface area (Å²) < 4.78 is 29.9. The van der Waals surface area contributed by atoms with E-state index in [1.165, 1.54) is 82.7 Å². The van der Waals surface area contributed by atoms with E-state index in [4.69, 9.17) is 11.5 Å². The van der Waals surface area contributed by atoms with Gasteiger partial charge in [-0.1, -0.05) is 55.5 Å². The highest BCUT2D eigenvalue weighted by Crippen LogP contribution is 2.36. The second-order valence-electron chi connectivity index (χ2n) is 25.7. The first-order chi connectivity index (χ1) is 47.0. The van der Waals surface area contributed by atoms with Crippen molar-refractivity contribution in [1.82, 2.24) is 46.7 Å². The summed E-state index contributed by atoms with van der Waals surface area (Å²) in [5, 5.41) is 38.5. The lowest BCUT2D eigenvalue weighted by atomic mass is 9.90. The van der Waals surface area contributed by atoms with Crippen molar-refractivity contribution in [3.63, 3.8) is 0 Å². The molecule has 0 unspecified atom stereocenters. The van der Waals surface area contributed by atoms with Crippen LogP contribution in [-0.2, 0) is 78.7 Å². The minimum Gasteiger partial charge on any atom is -0.508 e. The van der Waals surface area contributed by atoms with E-state index in [1.807, 2.05) is 24.3 Å². The van der Waals surface area contributed by atoms with Gasteiger partial charge in [-0.3, -0.25) is 47.9 Å². The fraction of sp³-hybridized carbons (Fsp3) is 0.465. The van der Waals surface area contributed by atoms with Crippen molar-refractivity contribution in [2.45, 2.75) is 163 Å². The summed E-state index contributed by atoms with van der Waals surface area (Å²) in [6.07, 6.45) is 3.30. The molecule has 0 spiro atoms. The molecule has 4 heterocycles. The average Bonchev–Trinajstić information content (AvgIpc) is 1.58. The number of aliphatic hydroxyl groups is 1. The Morgan fingerprint density at radius 1 is 0.765 bits per heavy atom. The minimum absolute atomic E-state index is 0.0205. The molecular weight excluding hydrogens is 1300 g/mol. The molecule has 98 heavy (non-hydrogen) atoms. The molecule has 9 atom stereocenters. The van der Waals surface area contributed by atoms with Crippen LogP contribution in [-0.4, -0.2) is 170 Å². The molecule has 9 amide bonds. The molecule has 3 aliphatic heterocycles. The number of allylic oxidation sites excluding steroid dienone is 1. The summed E-state index contributed by atoms with van der Waals surface area (Å²) in [5.74, 6) is -8.26. The highest BCUT2D eigenvalue weighted by molar-refractivity contribution is 7.98. The van der Waals surface area contributed by atoms with Crippen molar-refractivity contribution in [3.8, 4) is 5.75 Å². The number of phenolic OH excluding ortho intramolecular Hbond substituents is 1. The van der Waals surface area contributed by atoms with Gasteiger partial charge in [0.25, 0.3) is 0 Å². The fourth-order valence-corrected chi connectivity index (χ4v) is 15.3. The number of ketones is 1. The van der Waals surface area contributed by atoms with Gasteiger partial charge in [0.2, 0.25) is 53.2 Å². The number of H-pyrrole nitrogens is 1. The van der Waals surface area contributed by atoms with Crippen molar-refractivity contribution < 1.29 is 66.9 Å². The molecule has 524 valence electrons. The number of aromatic nitrogens is 1. The Labute approximate surface area is 575 Å². The van der Waals surface area contributed by atoms with Gasteiger partial charge in [0, 0.05) is 84.8 Å². The van der Waals surface area contributed by atoms with Gasteiger partial charge in [0.15, 0.2) is 5.78 Å². The highest BCUT2D eigenvalue weighted by Gasteiger charge is 2.51. The van der Waals surface area contributed by atoms with Gasteiger partial charge in [-0.2, -0.15) is 23.5 Å². The van der Waals surface area contributed by atoms with E-state index in [1.54, 1.807) is 37.4 Å². The zero-order chi connectivity index (χ0) is 70.2. The highest BCUT2D eigenvalue weighted by atomic mass is 32.2. The second kappa shape index (κ2) is 34.2. The van der Waals surface area contributed by atoms with Crippen LogP contribution in [0.3, 0.4) is 0 Å².